The molecule has 0 saturated carbocycles. The van der Waals surface area contributed by atoms with E-state index in [1.807, 2.05) is 49.4 Å². The van der Waals surface area contributed by atoms with E-state index in [2.05, 4.69) is 20.2 Å². The van der Waals surface area contributed by atoms with E-state index < -0.39 is 0 Å². The number of aryl methyl sites for hydroxylation is 1. The molecule has 0 radical (unpaired) electrons. The molecule has 1 saturated heterocycles. The topological polar surface area (TPSA) is 61.0 Å². The number of H-pyrrole nitrogens is 1. The van der Waals surface area contributed by atoms with Crippen LogP contribution in [0.2, 0.25) is 5.02 Å². The maximum Gasteiger partial charge on any atom is 0.227 e. The van der Waals surface area contributed by atoms with Crippen molar-refractivity contribution in [2.75, 3.05) is 18.4 Å². The number of benzene rings is 2. The molecule has 140 valence electrons. The van der Waals surface area contributed by atoms with Crippen molar-refractivity contribution in [1.82, 2.24) is 14.9 Å². The molecular formula is C21H23ClN4O. The Morgan fingerprint density at radius 2 is 2.04 bits per heavy atom. The highest BCUT2D eigenvalue weighted by Crippen LogP contribution is 2.24. The molecule has 3 aromatic rings. The van der Waals surface area contributed by atoms with Gasteiger partial charge in [-0.1, -0.05) is 29.8 Å². The van der Waals surface area contributed by atoms with Gasteiger partial charge in [0.1, 0.15) is 5.82 Å². The monoisotopic (exact) mass is 382 g/mol. The largest absolute Gasteiger partial charge is 0.341 e. The van der Waals surface area contributed by atoms with E-state index in [-0.39, 0.29) is 11.8 Å². The van der Waals surface area contributed by atoms with Crippen molar-refractivity contribution in [3.8, 4) is 0 Å². The van der Waals surface area contributed by atoms with Crippen LogP contribution in [-0.4, -0.2) is 33.9 Å². The summed E-state index contributed by atoms with van der Waals surface area (Å²) in [7, 11) is 0. The highest BCUT2D eigenvalue weighted by molar-refractivity contribution is 6.31. The molecule has 27 heavy (non-hydrogen) atoms. The third-order valence-electron chi connectivity index (χ3n) is 5.21. The SMILES string of the molecule is Cc1ccc(NC(=O)C2CCN(Cc3nc4ccccc4[nH]3)CC2)cc1Cl. The number of carbonyl (C=O) groups is 1. The number of hydrogen-bond donors (Lipinski definition) is 2. The number of fused-ring (bicyclic) bond motifs is 1. The Balaban J connectivity index is 1.31. The van der Waals surface area contributed by atoms with Crippen LogP contribution in [0.5, 0.6) is 0 Å². The molecule has 1 aromatic heterocycles. The van der Waals surface area contributed by atoms with Crippen LogP contribution in [0.4, 0.5) is 5.69 Å². The maximum absolute atomic E-state index is 12.6. The predicted molar refractivity (Wildman–Crippen MR) is 109 cm³/mol. The summed E-state index contributed by atoms with van der Waals surface area (Å²) in [6, 6.07) is 13.7. The van der Waals surface area contributed by atoms with E-state index in [0.717, 1.165) is 60.6 Å². The summed E-state index contributed by atoms with van der Waals surface area (Å²) in [4.78, 5) is 22.9. The summed E-state index contributed by atoms with van der Waals surface area (Å²) >= 11 is 6.14. The summed E-state index contributed by atoms with van der Waals surface area (Å²) in [5.41, 5.74) is 3.84. The van der Waals surface area contributed by atoms with Crippen molar-refractivity contribution in [1.29, 1.82) is 0 Å². The standard InChI is InChI=1S/C21H23ClN4O/c1-14-6-7-16(12-17(14)22)23-21(27)15-8-10-26(11-9-15)13-20-24-18-4-2-3-5-19(18)25-20/h2-7,12,15H,8-11,13H2,1H3,(H,23,27)(H,24,25). The van der Waals surface area contributed by atoms with Gasteiger partial charge in [0.2, 0.25) is 5.91 Å². The van der Waals surface area contributed by atoms with Crippen LogP contribution in [0.25, 0.3) is 11.0 Å². The van der Waals surface area contributed by atoms with E-state index in [0.29, 0.717) is 5.02 Å². The number of nitrogens with zero attached hydrogens (tertiary/aromatic N) is 2. The number of halogens is 1. The lowest BCUT2D eigenvalue weighted by Crippen LogP contribution is -2.38. The minimum atomic E-state index is 0.0389. The van der Waals surface area contributed by atoms with Crippen LogP contribution in [0.1, 0.15) is 24.2 Å². The Morgan fingerprint density at radius 3 is 2.78 bits per heavy atom. The number of para-hydroxylation sites is 2. The molecule has 2 heterocycles. The van der Waals surface area contributed by atoms with Crippen molar-refractivity contribution < 1.29 is 4.79 Å². The molecule has 1 amide bonds. The van der Waals surface area contributed by atoms with Gasteiger partial charge in [0.05, 0.1) is 17.6 Å². The lowest BCUT2D eigenvalue weighted by atomic mass is 9.95. The number of carbonyl (C=O) groups excluding carboxylic acids is 1. The van der Waals surface area contributed by atoms with Crippen molar-refractivity contribution in [3.05, 3.63) is 58.9 Å². The second-order valence-electron chi connectivity index (χ2n) is 7.20. The van der Waals surface area contributed by atoms with Gasteiger partial charge >= 0.3 is 0 Å². The zero-order valence-electron chi connectivity index (χ0n) is 15.3. The van der Waals surface area contributed by atoms with E-state index in [1.54, 1.807) is 0 Å². The van der Waals surface area contributed by atoms with Crippen LogP contribution in [0.15, 0.2) is 42.5 Å². The number of anilines is 1. The molecule has 4 rings (SSSR count). The minimum absolute atomic E-state index is 0.0389. The second-order valence-corrected chi connectivity index (χ2v) is 7.61. The molecule has 0 unspecified atom stereocenters. The number of hydrogen-bond acceptors (Lipinski definition) is 3. The third-order valence-corrected chi connectivity index (χ3v) is 5.62. The number of piperidine rings is 1. The highest BCUT2D eigenvalue weighted by atomic mass is 35.5. The quantitative estimate of drug-likeness (QED) is 0.704. The maximum atomic E-state index is 12.6. The van der Waals surface area contributed by atoms with E-state index in [1.165, 1.54) is 0 Å². The number of amides is 1. The summed E-state index contributed by atoms with van der Waals surface area (Å²) in [5, 5.41) is 3.68. The van der Waals surface area contributed by atoms with Gasteiger partial charge in [0.15, 0.2) is 0 Å². The first-order valence-electron chi connectivity index (χ1n) is 9.31. The number of nitrogens with one attached hydrogen (secondary N) is 2. The Morgan fingerprint density at radius 1 is 1.26 bits per heavy atom. The van der Waals surface area contributed by atoms with Gasteiger partial charge in [-0.2, -0.15) is 0 Å². The van der Waals surface area contributed by atoms with Gasteiger partial charge < -0.3 is 10.3 Å². The third kappa shape index (κ3) is 4.15. The Hall–Kier alpha value is -2.37. The number of aromatic nitrogens is 2. The van der Waals surface area contributed by atoms with Crippen molar-refractivity contribution in [3.63, 3.8) is 0 Å². The average molecular weight is 383 g/mol. The summed E-state index contributed by atoms with van der Waals surface area (Å²) < 4.78 is 0. The fraction of sp³-hybridized carbons (Fsp3) is 0.333. The first kappa shape index (κ1) is 18.0. The molecule has 1 aliphatic heterocycles. The van der Waals surface area contributed by atoms with Crippen LogP contribution in [0.3, 0.4) is 0 Å². The molecule has 0 bridgehead atoms. The van der Waals surface area contributed by atoms with Crippen LogP contribution < -0.4 is 5.32 Å². The van der Waals surface area contributed by atoms with Crippen LogP contribution >= 0.6 is 11.6 Å². The number of rotatable bonds is 4. The normalized spacial score (nSPS) is 15.9. The smallest absolute Gasteiger partial charge is 0.227 e. The molecule has 0 aliphatic carbocycles. The molecule has 0 atom stereocenters. The molecule has 0 spiro atoms. The molecule has 1 fully saturated rings. The highest BCUT2D eigenvalue weighted by Gasteiger charge is 2.25. The number of imidazole rings is 1. The van der Waals surface area contributed by atoms with Gasteiger partial charge in [-0.15, -0.1) is 0 Å². The van der Waals surface area contributed by atoms with Gasteiger partial charge in [0, 0.05) is 16.6 Å². The van der Waals surface area contributed by atoms with Crippen molar-refractivity contribution in [2.45, 2.75) is 26.3 Å². The Labute approximate surface area is 163 Å². The molecule has 2 N–H and O–H groups in total. The first-order chi connectivity index (χ1) is 13.1. The summed E-state index contributed by atoms with van der Waals surface area (Å²) in [6.45, 7) is 4.52. The zero-order chi connectivity index (χ0) is 18.8. The van der Waals surface area contributed by atoms with Crippen molar-refractivity contribution in [2.24, 2.45) is 5.92 Å². The summed E-state index contributed by atoms with van der Waals surface area (Å²) in [5.74, 6) is 1.10. The van der Waals surface area contributed by atoms with Crippen LogP contribution in [0, 0.1) is 12.8 Å². The van der Waals surface area contributed by atoms with Gasteiger partial charge in [-0.05, 0) is 62.7 Å². The van der Waals surface area contributed by atoms with Gasteiger partial charge in [0.25, 0.3) is 0 Å². The van der Waals surface area contributed by atoms with E-state index in [4.69, 9.17) is 11.6 Å². The molecule has 2 aromatic carbocycles. The molecule has 6 heteroatoms. The van der Waals surface area contributed by atoms with Gasteiger partial charge in [-0.25, -0.2) is 4.98 Å². The average Bonchev–Trinajstić information content (AvgIpc) is 3.07. The molecule has 1 aliphatic rings. The van der Waals surface area contributed by atoms with Crippen molar-refractivity contribution >= 4 is 34.2 Å². The van der Waals surface area contributed by atoms with Gasteiger partial charge in [-0.3, -0.25) is 9.69 Å². The Bertz CT molecular complexity index is 927. The predicted octanol–water partition coefficient (Wildman–Crippen LogP) is 4.38. The fourth-order valence-corrected chi connectivity index (χ4v) is 3.74. The lowest BCUT2D eigenvalue weighted by Gasteiger charge is -2.30. The fourth-order valence-electron chi connectivity index (χ4n) is 3.56. The molecular weight excluding hydrogens is 360 g/mol. The minimum Gasteiger partial charge on any atom is -0.341 e. The molecule has 5 nitrogen and oxygen atoms in total. The van der Waals surface area contributed by atoms with E-state index >= 15 is 0 Å². The zero-order valence-corrected chi connectivity index (χ0v) is 16.1. The van der Waals surface area contributed by atoms with E-state index in [9.17, 15) is 4.79 Å². The number of aromatic amines is 1. The first-order valence-corrected chi connectivity index (χ1v) is 9.69. The summed E-state index contributed by atoms with van der Waals surface area (Å²) in [6.07, 6.45) is 1.71. The second kappa shape index (κ2) is 7.71. The van der Waals surface area contributed by atoms with Crippen LogP contribution in [-0.2, 0) is 11.3 Å². The Kier molecular flexibility index (Phi) is 5.14. The number of likely N-dealkylation sites (tertiary alicyclic amines) is 1. The lowest BCUT2D eigenvalue weighted by molar-refractivity contribution is -0.121.